The summed E-state index contributed by atoms with van der Waals surface area (Å²) in [5.41, 5.74) is -4.41. The summed E-state index contributed by atoms with van der Waals surface area (Å²) in [4.78, 5) is 78.4. The maximum Gasteiger partial charge on any atom is 0.471 e. The lowest BCUT2D eigenvalue weighted by molar-refractivity contribution is -0.186. The molecule has 5 unspecified atom stereocenters. The molecule has 6 rings (SSSR count). The van der Waals surface area contributed by atoms with Crippen LogP contribution in [0.1, 0.15) is 53.8 Å². The Balaban J connectivity index is 1.28. The van der Waals surface area contributed by atoms with Gasteiger partial charge >= 0.3 is 18.1 Å². The number of rotatable bonds is 4. The van der Waals surface area contributed by atoms with Crippen LogP contribution in [0.5, 0.6) is 0 Å². The zero-order valence-corrected chi connectivity index (χ0v) is 22.4. The minimum Gasteiger partial charge on any atom is -0.458 e. The fourth-order valence-corrected chi connectivity index (χ4v) is 7.28. The average molecular weight is 590 g/mol. The van der Waals surface area contributed by atoms with E-state index in [-0.39, 0.29) is 30.4 Å². The number of allylic oxidation sites excluding steroid dienone is 2. The number of hydrogen-bond acceptors (Lipinski definition) is 9. The Bertz CT molecular complexity index is 1470. The molecule has 0 spiro atoms. The van der Waals surface area contributed by atoms with Gasteiger partial charge in [0.1, 0.15) is 6.10 Å². The van der Waals surface area contributed by atoms with Crippen molar-refractivity contribution < 1.29 is 56.1 Å². The molecule has 3 aliphatic carbocycles. The summed E-state index contributed by atoms with van der Waals surface area (Å²) >= 11 is 0. The van der Waals surface area contributed by atoms with E-state index < -0.39 is 94.5 Å². The zero-order chi connectivity index (χ0) is 30.4. The molecular weight excluding hydrogens is 563 g/mol. The van der Waals surface area contributed by atoms with Gasteiger partial charge in [0.25, 0.3) is 0 Å². The average Bonchev–Trinajstić information content (AvgIpc) is 3.66. The number of esters is 1. The molecule has 2 saturated heterocycles. The molecule has 13 heteroatoms. The molecule has 3 fully saturated rings. The number of Topliss-reactive ketones (excluding diaryl/α,β-unsaturated/α-hetero) is 4. The van der Waals surface area contributed by atoms with Crippen LogP contribution in [0.4, 0.5) is 13.2 Å². The van der Waals surface area contributed by atoms with Crippen molar-refractivity contribution in [2.45, 2.75) is 74.8 Å². The highest BCUT2D eigenvalue weighted by atomic mass is 19.4. The maximum atomic E-state index is 14.1. The number of ether oxygens (including phenoxy) is 3. The van der Waals surface area contributed by atoms with Gasteiger partial charge in [-0.2, -0.15) is 13.2 Å². The Morgan fingerprint density at radius 3 is 2.26 bits per heavy atom. The van der Waals surface area contributed by atoms with Crippen LogP contribution >= 0.6 is 0 Å². The van der Waals surface area contributed by atoms with Crippen LogP contribution in [-0.4, -0.2) is 76.7 Å². The van der Waals surface area contributed by atoms with Crippen LogP contribution in [-0.2, 0) is 33.4 Å². The van der Waals surface area contributed by atoms with Crippen LogP contribution < -0.4 is 5.32 Å². The van der Waals surface area contributed by atoms with Gasteiger partial charge in [-0.25, -0.2) is 0 Å². The molecule has 1 saturated carbocycles. The number of carbonyl (C=O) groups excluding carboxylic acids is 6. The van der Waals surface area contributed by atoms with E-state index in [4.69, 9.17) is 14.2 Å². The van der Waals surface area contributed by atoms with Crippen molar-refractivity contribution in [1.29, 1.82) is 0 Å². The Hall–Kier alpha value is -3.71. The smallest absolute Gasteiger partial charge is 0.458 e. The second-order valence-electron chi connectivity index (χ2n) is 11.4. The van der Waals surface area contributed by atoms with E-state index in [0.717, 1.165) is 6.92 Å². The van der Waals surface area contributed by atoms with Crippen molar-refractivity contribution in [3.05, 3.63) is 47.5 Å². The Labute approximate surface area is 236 Å². The van der Waals surface area contributed by atoms with E-state index in [1.807, 2.05) is 5.32 Å². The standard InChI is InChI=1S/C29H26F3NO9/c1-12-21(41-13(2)34)19(33-26(39)29(30,31)32)11-15(40-12)10-14-6-5-9-18-20(14)25(38)28-23(36)17-8-4-3-7-16(17)22(35)27(28,42-28)24(18)37/h3-8,12,14-15,18-21H,9-11H2,1-2H3,(H,33,39)/t12-,14?,15-,18?,19-,20?,21+,27?,28?/m0/s1. The number of nitrogens with one attached hydrogen (secondary N) is 1. The van der Waals surface area contributed by atoms with Crippen molar-refractivity contribution in [2.75, 3.05) is 0 Å². The van der Waals surface area contributed by atoms with Gasteiger partial charge in [0, 0.05) is 29.9 Å². The van der Waals surface area contributed by atoms with E-state index >= 15 is 0 Å². The summed E-state index contributed by atoms with van der Waals surface area (Å²) in [5, 5.41) is 1.89. The van der Waals surface area contributed by atoms with Gasteiger partial charge in [-0.3, -0.25) is 28.8 Å². The number of epoxide rings is 1. The number of halogens is 3. The topological polar surface area (TPSA) is 145 Å². The summed E-state index contributed by atoms with van der Waals surface area (Å²) < 4.78 is 56.0. The molecule has 2 heterocycles. The van der Waals surface area contributed by atoms with Crippen molar-refractivity contribution >= 4 is 35.0 Å². The highest BCUT2D eigenvalue weighted by Gasteiger charge is 2.91. The monoisotopic (exact) mass is 589 g/mol. The number of ketones is 4. The molecule has 9 atom stereocenters. The van der Waals surface area contributed by atoms with E-state index in [9.17, 15) is 41.9 Å². The third-order valence-electron chi connectivity index (χ3n) is 9.01. The molecule has 1 N–H and O–H groups in total. The largest absolute Gasteiger partial charge is 0.471 e. The fraction of sp³-hybridized carbons (Fsp3) is 0.517. The molecular formula is C29H26F3NO9. The molecule has 222 valence electrons. The second-order valence-corrected chi connectivity index (χ2v) is 11.4. The lowest BCUT2D eigenvalue weighted by Gasteiger charge is -2.44. The highest BCUT2D eigenvalue weighted by molar-refractivity contribution is 6.43. The Morgan fingerprint density at radius 2 is 1.67 bits per heavy atom. The number of hydrogen-bond donors (Lipinski definition) is 1. The predicted octanol–water partition coefficient (Wildman–Crippen LogP) is 2.08. The summed E-state index contributed by atoms with van der Waals surface area (Å²) in [5.74, 6) is -8.47. The van der Waals surface area contributed by atoms with Gasteiger partial charge in [0.2, 0.25) is 22.8 Å². The van der Waals surface area contributed by atoms with Crippen LogP contribution in [0.3, 0.4) is 0 Å². The van der Waals surface area contributed by atoms with Gasteiger partial charge in [-0.1, -0.05) is 36.4 Å². The lowest BCUT2D eigenvalue weighted by atomic mass is 9.55. The minimum atomic E-state index is -5.18. The van der Waals surface area contributed by atoms with Gasteiger partial charge in [-0.15, -0.1) is 0 Å². The first-order chi connectivity index (χ1) is 19.7. The lowest BCUT2D eigenvalue weighted by Crippen LogP contribution is -2.63. The molecule has 0 aromatic heterocycles. The second kappa shape index (κ2) is 9.40. The number of alkyl halides is 3. The quantitative estimate of drug-likeness (QED) is 0.241. The first-order valence-corrected chi connectivity index (χ1v) is 13.6. The molecule has 1 aromatic rings. The number of benzene rings is 1. The van der Waals surface area contributed by atoms with Gasteiger partial charge in [-0.05, 0) is 32.1 Å². The SMILES string of the molecule is CC(=O)O[C@H]1[C@@H](NC(=O)C(F)(F)F)C[C@H](CC2C=CCC3C(=O)C45OC4(C(=O)c4ccccc4C5=O)C(=O)C23)O[C@H]1C. The van der Waals surface area contributed by atoms with Crippen LogP contribution in [0.15, 0.2) is 36.4 Å². The van der Waals surface area contributed by atoms with E-state index in [2.05, 4.69) is 0 Å². The molecule has 0 bridgehead atoms. The van der Waals surface area contributed by atoms with Crippen LogP contribution in [0.2, 0.25) is 0 Å². The fourth-order valence-electron chi connectivity index (χ4n) is 7.28. The van der Waals surface area contributed by atoms with Crippen molar-refractivity contribution in [3.63, 3.8) is 0 Å². The Kier molecular flexibility index (Phi) is 6.36. The first kappa shape index (κ1) is 28.4. The van der Waals surface area contributed by atoms with Crippen molar-refractivity contribution in [3.8, 4) is 0 Å². The predicted molar refractivity (Wildman–Crippen MR) is 133 cm³/mol. The summed E-state index contributed by atoms with van der Waals surface area (Å²) in [6, 6.07) is 4.66. The molecule has 42 heavy (non-hydrogen) atoms. The third-order valence-corrected chi connectivity index (χ3v) is 9.01. The molecule has 10 nitrogen and oxygen atoms in total. The van der Waals surface area contributed by atoms with E-state index in [1.165, 1.54) is 19.1 Å². The molecule has 5 aliphatic rings. The number of carbonyl (C=O) groups is 6. The third kappa shape index (κ3) is 3.85. The minimum absolute atomic E-state index is 0.00215. The molecule has 1 aromatic carbocycles. The summed E-state index contributed by atoms with van der Waals surface area (Å²) in [6.45, 7) is 2.56. The van der Waals surface area contributed by atoms with Crippen molar-refractivity contribution in [1.82, 2.24) is 5.32 Å². The summed E-state index contributed by atoms with van der Waals surface area (Å²) in [6.07, 6.45) is -4.77. The van der Waals surface area contributed by atoms with Gasteiger partial charge < -0.3 is 19.5 Å². The molecule has 1 amide bonds. The summed E-state index contributed by atoms with van der Waals surface area (Å²) in [7, 11) is 0. The van der Waals surface area contributed by atoms with Crippen LogP contribution in [0.25, 0.3) is 0 Å². The maximum absolute atomic E-state index is 14.1. The normalized spacial score (nSPS) is 38.5. The van der Waals surface area contributed by atoms with Gasteiger partial charge in [0.05, 0.1) is 18.2 Å². The number of amides is 1. The highest BCUT2D eigenvalue weighted by Crippen LogP contribution is 2.64. The van der Waals surface area contributed by atoms with E-state index in [0.29, 0.717) is 0 Å². The molecule has 0 radical (unpaired) electrons. The zero-order valence-electron chi connectivity index (χ0n) is 22.4. The van der Waals surface area contributed by atoms with Gasteiger partial charge in [0.15, 0.2) is 11.6 Å². The first-order valence-electron chi connectivity index (χ1n) is 13.6. The van der Waals surface area contributed by atoms with Crippen LogP contribution in [0, 0.1) is 17.8 Å². The van der Waals surface area contributed by atoms with E-state index in [1.54, 1.807) is 24.3 Å². The molecule has 2 aliphatic heterocycles. The van der Waals surface area contributed by atoms with Crippen molar-refractivity contribution in [2.24, 2.45) is 17.8 Å². The number of fused-ring (bicyclic) bond motifs is 2. The Morgan fingerprint density at radius 1 is 1.05 bits per heavy atom.